The zero-order valence-electron chi connectivity index (χ0n) is 16.3. The number of hydrogen-bond acceptors (Lipinski definition) is 4. The molecule has 1 aliphatic heterocycles. The van der Waals surface area contributed by atoms with Crippen LogP contribution in [0.2, 0.25) is 0 Å². The Hall–Kier alpha value is -1.09. The van der Waals surface area contributed by atoms with Crippen LogP contribution in [0.5, 0.6) is 5.75 Å². The van der Waals surface area contributed by atoms with Gasteiger partial charge in [0.1, 0.15) is 12.4 Å². The van der Waals surface area contributed by atoms with E-state index in [4.69, 9.17) is 4.74 Å². The van der Waals surface area contributed by atoms with Crippen LogP contribution in [0.3, 0.4) is 0 Å². The highest BCUT2D eigenvalue weighted by atomic mass is 127. The molecule has 0 atom stereocenters. The number of likely N-dealkylation sites (tertiary alicyclic amines) is 1. The number of pyridine rings is 1. The van der Waals surface area contributed by atoms with E-state index in [0.29, 0.717) is 19.2 Å². The molecule has 0 saturated carbocycles. The van der Waals surface area contributed by atoms with E-state index in [2.05, 4.69) is 46.3 Å². The molecular formula is C19H34IN5O. The maximum absolute atomic E-state index is 5.64. The molecule has 0 radical (unpaired) electrons. The Bertz CT molecular complexity index is 504. The van der Waals surface area contributed by atoms with Crippen molar-refractivity contribution in [1.82, 2.24) is 20.5 Å². The first-order valence-electron chi connectivity index (χ1n) is 9.47. The summed E-state index contributed by atoms with van der Waals surface area (Å²) in [5.41, 5.74) is 0. The first kappa shape index (κ1) is 23.0. The summed E-state index contributed by atoms with van der Waals surface area (Å²) >= 11 is 0. The van der Waals surface area contributed by atoms with E-state index in [9.17, 15) is 0 Å². The first-order chi connectivity index (χ1) is 12.2. The molecule has 1 aromatic heterocycles. The van der Waals surface area contributed by atoms with Gasteiger partial charge in [0.15, 0.2) is 5.96 Å². The van der Waals surface area contributed by atoms with E-state index in [1.54, 1.807) is 12.4 Å². The Morgan fingerprint density at radius 2 is 2.15 bits per heavy atom. The molecule has 148 valence electrons. The summed E-state index contributed by atoms with van der Waals surface area (Å²) in [4.78, 5) is 11.2. The number of halogens is 1. The van der Waals surface area contributed by atoms with Gasteiger partial charge in [0.25, 0.3) is 0 Å². The lowest BCUT2D eigenvalue weighted by atomic mass is 10.0. The van der Waals surface area contributed by atoms with E-state index in [-0.39, 0.29) is 24.0 Å². The van der Waals surface area contributed by atoms with Gasteiger partial charge in [0.2, 0.25) is 0 Å². The van der Waals surface area contributed by atoms with Crippen LogP contribution in [-0.4, -0.2) is 61.2 Å². The Morgan fingerprint density at radius 3 is 2.77 bits per heavy atom. The van der Waals surface area contributed by atoms with Crippen LogP contribution in [0.1, 0.15) is 33.6 Å². The maximum Gasteiger partial charge on any atom is 0.191 e. The summed E-state index contributed by atoms with van der Waals surface area (Å²) in [5.74, 6) is 2.41. The molecule has 0 spiro atoms. The minimum absolute atomic E-state index is 0. The summed E-state index contributed by atoms with van der Waals surface area (Å²) in [6.45, 7) is 12.2. The van der Waals surface area contributed by atoms with Crippen molar-refractivity contribution < 1.29 is 4.74 Å². The minimum Gasteiger partial charge on any atom is -0.490 e. The van der Waals surface area contributed by atoms with Crippen LogP contribution in [0.15, 0.2) is 29.5 Å². The van der Waals surface area contributed by atoms with Gasteiger partial charge in [-0.1, -0.05) is 13.8 Å². The number of rotatable bonds is 8. The molecule has 1 aromatic rings. The van der Waals surface area contributed by atoms with Gasteiger partial charge in [-0.05, 0) is 37.8 Å². The quantitative estimate of drug-likeness (QED) is 0.262. The predicted molar refractivity (Wildman–Crippen MR) is 119 cm³/mol. The highest BCUT2D eigenvalue weighted by molar-refractivity contribution is 14.0. The van der Waals surface area contributed by atoms with E-state index in [1.807, 2.05) is 12.1 Å². The number of guanidine groups is 1. The number of nitrogens with one attached hydrogen (secondary N) is 2. The molecular weight excluding hydrogens is 441 g/mol. The third-order valence-electron chi connectivity index (χ3n) is 4.16. The number of nitrogens with zero attached hydrogens (tertiary/aromatic N) is 3. The lowest BCUT2D eigenvalue weighted by Crippen LogP contribution is -2.49. The Morgan fingerprint density at radius 1 is 1.38 bits per heavy atom. The molecule has 1 saturated heterocycles. The third kappa shape index (κ3) is 9.02. The highest BCUT2D eigenvalue weighted by Gasteiger charge is 2.20. The number of hydrogen-bond donors (Lipinski definition) is 2. The standard InChI is InChI=1S/C19H33N5O.HI/c1-4-21-19(22-10-13-25-18-6-5-9-20-14-18)23-17-7-11-24(12-8-17)15-16(2)3;/h5-6,9,14,16-17H,4,7-8,10-13,15H2,1-3H3,(H2,21,22,23);1H. The van der Waals surface area contributed by atoms with E-state index >= 15 is 0 Å². The fourth-order valence-corrected chi connectivity index (χ4v) is 3.04. The molecule has 1 aliphatic rings. The topological polar surface area (TPSA) is 61.8 Å². The molecule has 2 rings (SSSR count). The van der Waals surface area contributed by atoms with E-state index in [0.717, 1.165) is 24.2 Å². The number of aliphatic imine (C=N–C) groups is 1. The SMILES string of the molecule is CCNC(=NCCOc1cccnc1)NC1CCN(CC(C)C)CC1.I. The molecule has 0 amide bonds. The first-order valence-corrected chi connectivity index (χ1v) is 9.47. The van der Waals surface area contributed by atoms with E-state index < -0.39 is 0 Å². The van der Waals surface area contributed by atoms with Gasteiger partial charge in [0, 0.05) is 38.4 Å². The van der Waals surface area contributed by atoms with Crippen molar-refractivity contribution >= 4 is 29.9 Å². The molecule has 2 N–H and O–H groups in total. The van der Waals surface area contributed by atoms with Crippen LogP contribution < -0.4 is 15.4 Å². The average Bonchev–Trinajstić information content (AvgIpc) is 2.61. The molecule has 26 heavy (non-hydrogen) atoms. The summed E-state index contributed by atoms with van der Waals surface area (Å²) in [6.07, 6.45) is 5.80. The van der Waals surface area contributed by atoms with Crippen molar-refractivity contribution in [3.05, 3.63) is 24.5 Å². The smallest absolute Gasteiger partial charge is 0.191 e. The third-order valence-corrected chi connectivity index (χ3v) is 4.16. The molecule has 0 aromatic carbocycles. The minimum atomic E-state index is 0. The average molecular weight is 475 g/mol. The lowest BCUT2D eigenvalue weighted by Gasteiger charge is -2.34. The summed E-state index contributed by atoms with van der Waals surface area (Å²) in [6, 6.07) is 4.28. The van der Waals surface area contributed by atoms with Crippen molar-refractivity contribution in [3.63, 3.8) is 0 Å². The van der Waals surface area contributed by atoms with Crippen molar-refractivity contribution in [2.24, 2.45) is 10.9 Å². The fourth-order valence-electron chi connectivity index (χ4n) is 3.04. The van der Waals surface area contributed by atoms with Crippen molar-refractivity contribution in [3.8, 4) is 5.75 Å². The van der Waals surface area contributed by atoms with Crippen LogP contribution in [0.25, 0.3) is 0 Å². The van der Waals surface area contributed by atoms with Gasteiger partial charge in [-0.25, -0.2) is 4.99 Å². The van der Waals surface area contributed by atoms with Gasteiger partial charge in [-0.15, -0.1) is 24.0 Å². The van der Waals surface area contributed by atoms with Crippen molar-refractivity contribution in [1.29, 1.82) is 0 Å². The van der Waals surface area contributed by atoms with Crippen LogP contribution >= 0.6 is 24.0 Å². The van der Waals surface area contributed by atoms with Crippen LogP contribution in [0.4, 0.5) is 0 Å². The molecule has 0 aliphatic carbocycles. The molecule has 0 bridgehead atoms. The molecule has 7 heteroatoms. The number of piperidine rings is 1. The van der Waals surface area contributed by atoms with Crippen LogP contribution in [0, 0.1) is 5.92 Å². The Labute approximate surface area is 175 Å². The molecule has 6 nitrogen and oxygen atoms in total. The van der Waals surface area contributed by atoms with Gasteiger partial charge < -0.3 is 20.3 Å². The van der Waals surface area contributed by atoms with Gasteiger partial charge in [-0.2, -0.15) is 0 Å². The summed E-state index contributed by atoms with van der Waals surface area (Å²) in [5, 5.41) is 6.90. The second kappa shape index (κ2) is 13.1. The molecule has 1 fully saturated rings. The largest absolute Gasteiger partial charge is 0.490 e. The lowest BCUT2D eigenvalue weighted by molar-refractivity contribution is 0.187. The highest BCUT2D eigenvalue weighted by Crippen LogP contribution is 2.12. The summed E-state index contributed by atoms with van der Waals surface area (Å²) < 4.78 is 5.64. The monoisotopic (exact) mass is 475 g/mol. The van der Waals surface area contributed by atoms with Gasteiger partial charge >= 0.3 is 0 Å². The molecule has 2 heterocycles. The second-order valence-electron chi connectivity index (χ2n) is 6.91. The molecule has 0 unspecified atom stereocenters. The predicted octanol–water partition coefficient (Wildman–Crippen LogP) is 2.75. The Kier molecular flexibility index (Phi) is 11.6. The summed E-state index contributed by atoms with van der Waals surface area (Å²) in [7, 11) is 0. The Balaban J connectivity index is 0.00000338. The fraction of sp³-hybridized carbons (Fsp3) is 0.684. The van der Waals surface area contributed by atoms with E-state index in [1.165, 1.54) is 32.5 Å². The second-order valence-corrected chi connectivity index (χ2v) is 6.91. The zero-order chi connectivity index (χ0) is 17.9. The number of aromatic nitrogens is 1. The number of ether oxygens (including phenoxy) is 1. The van der Waals surface area contributed by atoms with Crippen LogP contribution in [-0.2, 0) is 0 Å². The van der Waals surface area contributed by atoms with Gasteiger partial charge in [-0.3, -0.25) is 4.98 Å². The van der Waals surface area contributed by atoms with Crippen molar-refractivity contribution in [2.75, 3.05) is 39.3 Å². The van der Waals surface area contributed by atoms with Crippen molar-refractivity contribution in [2.45, 2.75) is 39.7 Å². The van der Waals surface area contributed by atoms with Gasteiger partial charge in [0.05, 0.1) is 12.7 Å². The zero-order valence-corrected chi connectivity index (χ0v) is 18.6. The maximum atomic E-state index is 5.64. The normalized spacial score (nSPS) is 16.2.